The summed E-state index contributed by atoms with van der Waals surface area (Å²) in [6, 6.07) is 10.4. The van der Waals surface area contributed by atoms with E-state index in [1.165, 1.54) is 10.9 Å². The van der Waals surface area contributed by atoms with E-state index in [4.69, 9.17) is 0 Å². The molecule has 98 valence electrons. The van der Waals surface area contributed by atoms with E-state index in [9.17, 15) is 0 Å². The van der Waals surface area contributed by atoms with Crippen LogP contribution in [0, 0.1) is 0 Å². The molecule has 0 fully saturated rings. The minimum absolute atomic E-state index is 0.806. The van der Waals surface area contributed by atoms with Crippen LogP contribution in [0.2, 0.25) is 0 Å². The Labute approximate surface area is 113 Å². The highest BCUT2D eigenvalue weighted by atomic mass is 15.3. The molecule has 19 heavy (non-hydrogen) atoms. The minimum atomic E-state index is 0.806. The number of likely N-dealkylation sites (N-methyl/N-ethyl adjacent to an activating group) is 1. The fraction of sp³-hybridized carbons (Fsp3) is 0.333. The Morgan fingerprint density at radius 1 is 1.32 bits per heavy atom. The van der Waals surface area contributed by atoms with Gasteiger partial charge < -0.3 is 10.2 Å². The molecule has 0 unspecified atom stereocenters. The summed E-state index contributed by atoms with van der Waals surface area (Å²) < 4.78 is 0. The molecule has 2 heterocycles. The number of aliphatic imine (C=N–C) groups is 1. The molecular formula is C15H18N4. The molecule has 0 aliphatic carbocycles. The third-order valence-corrected chi connectivity index (χ3v) is 3.43. The normalized spacial score (nSPS) is 14.8. The lowest BCUT2D eigenvalue weighted by Crippen LogP contribution is -2.37. The molecule has 4 nitrogen and oxygen atoms in total. The molecule has 0 bridgehead atoms. The third kappa shape index (κ3) is 2.52. The number of hydrogen-bond acceptors (Lipinski definition) is 4. The zero-order chi connectivity index (χ0) is 13.1. The first-order valence-corrected chi connectivity index (χ1v) is 6.74. The molecule has 2 aromatic rings. The maximum Gasteiger partial charge on any atom is 0.194 e. The number of fused-ring (bicyclic) bond motifs is 1. The molecule has 1 aromatic heterocycles. The second-order valence-electron chi connectivity index (χ2n) is 4.67. The standard InChI is InChI=1S/C15H18N4/c1-2-19-9-8-17-15(19)18-11-12-5-6-14-13(10-12)4-3-7-16-14/h3-7,10H,2,8-9,11H2,1H3,(H,17,18). The van der Waals surface area contributed by atoms with Crippen LogP contribution in [0.25, 0.3) is 10.9 Å². The van der Waals surface area contributed by atoms with Gasteiger partial charge in [-0.15, -0.1) is 0 Å². The number of hydrogen-bond donors (Lipinski definition) is 1. The quantitative estimate of drug-likeness (QED) is 0.911. The summed E-state index contributed by atoms with van der Waals surface area (Å²) >= 11 is 0. The molecule has 0 spiro atoms. The van der Waals surface area contributed by atoms with Gasteiger partial charge in [-0.3, -0.25) is 9.98 Å². The fourth-order valence-corrected chi connectivity index (χ4v) is 2.37. The lowest BCUT2D eigenvalue weighted by molar-refractivity contribution is 0.466. The van der Waals surface area contributed by atoms with Crippen molar-refractivity contribution in [2.24, 2.45) is 4.99 Å². The smallest absolute Gasteiger partial charge is 0.194 e. The first-order valence-electron chi connectivity index (χ1n) is 6.74. The van der Waals surface area contributed by atoms with Crippen molar-refractivity contribution in [3.63, 3.8) is 0 Å². The number of rotatable bonds is 3. The van der Waals surface area contributed by atoms with E-state index in [0.717, 1.165) is 37.7 Å². The zero-order valence-electron chi connectivity index (χ0n) is 11.1. The van der Waals surface area contributed by atoms with Crippen molar-refractivity contribution in [2.45, 2.75) is 13.5 Å². The van der Waals surface area contributed by atoms with Gasteiger partial charge in [0, 0.05) is 31.2 Å². The molecule has 3 rings (SSSR count). The topological polar surface area (TPSA) is 40.5 Å². The first kappa shape index (κ1) is 12.0. The molecule has 4 heteroatoms. The summed E-state index contributed by atoms with van der Waals surface area (Å²) in [5.74, 6) is 1.02. The number of pyridine rings is 1. The molecule has 1 aromatic carbocycles. The Hall–Kier alpha value is -2.10. The van der Waals surface area contributed by atoms with E-state index in [1.807, 2.05) is 12.3 Å². The van der Waals surface area contributed by atoms with Crippen LogP contribution in [0.15, 0.2) is 41.5 Å². The van der Waals surface area contributed by atoms with Gasteiger partial charge in [0.25, 0.3) is 0 Å². The second kappa shape index (κ2) is 5.26. The summed E-state index contributed by atoms with van der Waals surface area (Å²) in [5.41, 5.74) is 2.30. The van der Waals surface area contributed by atoms with Gasteiger partial charge in [-0.2, -0.15) is 0 Å². The van der Waals surface area contributed by atoms with Gasteiger partial charge in [0.2, 0.25) is 0 Å². The van der Waals surface area contributed by atoms with Gasteiger partial charge in [0.15, 0.2) is 5.96 Å². The summed E-state index contributed by atoms with van der Waals surface area (Å²) in [6.45, 7) is 5.90. The summed E-state index contributed by atoms with van der Waals surface area (Å²) in [4.78, 5) is 11.1. The van der Waals surface area contributed by atoms with Gasteiger partial charge in [0.05, 0.1) is 12.1 Å². The van der Waals surface area contributed by atoms with E-state index >= 15 is 0 Å². The van der Waals surface area contributed by atoms with Crippen molar-refractivity contribution in [3.05, 3.63) is 42.1 Å². The van der Waals surface area contributed by atoms with Gasteiger partial charge in [-0.25, -0.2) is 0 Å². The van der Waals surface area contributed by atoms with E-state index in [-0.39, 0.29) is 0 Å². The van der Waals surface area contributed by atoms with Crippen LogP contribution in [0.5, 0.6) is 0 Å². The van der Waals surface area contributed by atoms with Crippen LogP contribution < -0.4 is 5.32 Å². The highest BCUT2D eigenvalue weighted by Crippen LogP contribution is 2.13. The van der Waals surface area contributed by atoms with E-state index < -0.39 is 0 Å². The number of nitrogens with one attached hydrogen (secondary N) is 1. The molecule has 1 aliphatic heterocycles. The Balaban J connectivity index is 1.71. The lowest BCUT2D eigenvalue weighted by Gasteiger charge is -2.18. The van der Waals surface area contributed by atoms with E-state index in [1.54, 1.807) is 0 Å². The predicted octanol–water partition coefficient (Wildman–Crippen LogP) is 2.02. The summed E-state index contributed by atoms with van der Waals surface area (Å²) in [7, 11) is 0. The Morgan fingerprint density at radius 2 is 2.26 bits per heavy atom. The maximum atomic E-state index is 4.48. The predicted molar refractivity (Wildman–Crippen MR) is 78.1 cm³/mol. The van der Waals surface area contributed by atoms with Gasteiger partial charge in [-0.05, 0) is 30.7 Å². The highest BCUT2D eigenvalue weighted by Gasteiger charge is 2.13. The molecule has 0 saturated carbocycles. The first-order chi connectivity index (χ1) is 9.36. The Kier molecular flexibility index (Phi) is 3.31. The monoisotopic (exact) mass is 254 g/mol. The third-order valence-electron chi connectivity index (χ3n) is 3.43. The van der Waals surface area contributed by atoms with Crippen LogP contribution in [0.1, 0.15) is 12.5 Å². The molecule has 0 saturated heterocycles. The Morgan fingerprint density at radius 3 is 3.16 bits per heavy atom. The van der Waals surface area contributed by atoms with E-state index in [0.29, 0.717) is 0 Å². The summed E-state index contributed by atoms with van der Waals surface area (Å²) in [6.07, 6.45) is 1.83. The average molecular weight is 254 g/mol. The van der Waals surface area contributed by atoms with Gasteiger partial charge in [0.1, 0.15) is 0 Å². The summed E-state index contributed by atoms with van der Waals surface area (Å²) in [5, 5.41) is 4.60. The molecule has 0 atom stereocenters. The van der Waals surface area contributed by atoms with Gasteiger partial charge >= 0.3 is 0 Å². The molecular weight excluding hydrogens is 236 g/mol. The zero-order valence-corrected chi connectivity index (χ0v) is 11.1. The van der Waals surface area contributed by atoms with Gasteiger partial charge in [-0.1, -0.05) is 12.1 Å². The van der Waals surface area contributed by atoms with Crippen molar-refractivity contribution in [1.82, 2.24) is 15.2 Å². The Bertz CT molecular complexity index is 606. The van der Waals surface area contributed by atoms with Crippen molar-refractivity contribution >= 4 is 16.9 Å². The van der Waals surface area contributed by atoms with Crippen LogP contribution in [0.3, 0.4) is 0 Å². The van der Waals surface area contributed by atoms with Crippen LogP contribution in [-0.2, 0) is 6.54 Å². The number of benzene rings is 1. The fourth-order valence-electron chi connectivity index (χ4n) is 2.37. The van der Waals surface area contributed by atoms with E-state index in [2.05, 4.69) is 51.4 Å². The molecule has 1 aliphatic rings. The van der Waals surface area contributed by atoms with Crippen molar-refractivity contribution in [1.29, 1.82) is 0 Å². The van der Waals surface area contributed by atoms with Crippen molar-refractivity contribution < 1.29 is 0 Å². The largest absolute Gasteiger partial charge is 0.352 e. The molecule has 0 radical (unpaired) electrons. The number of nitrogens with zero attached hydrogens (tertiary/aromatic N) is 3. The highest BCUT2D eigenvalue weighted by molar-refractivity contribution is 5.82. The lowest BCUT2D eigenvalue weighted by atomic mass is 10.1. The maximum absolute atomic E-state index is 4.48. The van der Waals surface area contributed by atoms with Crippen LogP contribution in [0.4, 0.5) is 0 Å². The van der Waals surface area contributed by atoms with Crippen LogP contribution >= 0.6 is 0 Å². The molecule has 0 amide bonds. The molecule has 1 N–H and O–H groups in total. The second-order valence-corrected chi connectivity index (χ2v) is 4.67. The van der Waals surface area contributed by atoms with Crippen molar-refractivity contribution in [2.75, 3.05) is 19.6 Å². The average Bonchev–Trinajstić information content (AvgIpc) is 2.92. The SMILES string of the molecule is CCN1CCN=C1NCc1ccc2ncccc2c1. The number of aromatic nitrogens is 1. The van der Waals surface area contributed by atoms with Crippen molar-refractivity contribution in [3.8, 4) is 0 Å². The number of guanidine groups is 1. The van der Waals surface area contributed by atoms with Crippen LogP contribution in [-0.4, -0.2) is 35.5 Å². The minimum Gasteiger partial charge on any atom is -0.352 e.